The Balaban J connectivity index is 3.19. The zero-order valence-electron chi connectivity index (χ0n) is 6.42. The predicted octanol–water partition coefficient (Wildman–Crippen LogP) is 0.698. The van der Waals surface area contributed by atoms with Crippen LogP contribution in [0.4, 0.5) is 5.82 Å². The van der Waals surface area contributed by atoms with Gasteiger partial charge in [-0.2, -0.15) is 5.26 Å². The standard InChI is InChI=1S/C7H8N4/c1-5-4-10-6(3-8)7(9-2)11-5/h4H,1-2H3,(H,9,11). The zero-order valence-corrected chi connectivity index (χ0v) is 6.42. The molecule has 4 heteroatoms. The number of rotatable bonds is 1. The van der Waals surface area contributed by atoms with Gasteiger partial charge in [0, 0.05) is 13.2 Å². The normalized spacial score (nSPS) is 8.82. The first-order chi connectivity index (χ1) is 5.27. The van der Waals surface area contributed by atoms with Crippen molar-refractivity contribution < 1.29 is 0 Å². The average Bonchev–Trinajstić information content (AvgIpc) is 2.04. The van der Waals surface area contributed by atoms with E-state index in [1.165, 1.54) is 0 Å². The van der Waals surface area contributed by atoms with Crippen molar-refractivity contribution in [2.24, 2.45) is 0 Å². The van der Waals surface area contributed by atoms with Gasteiger partial charge in [-0.1, -0.05) is 0 Å². The van der Waals surface area contributed by atoms with E-state index in [0.29, 0.717) is 11.5 Å². The SMILES string of the molecule is CNc1nc(C)cnc1C#N. The second-order valence-electron chi connectivity index (χ2n) is 2.07. The molecule has 0 aliphatic rings. The summed E-state index contributed by atoms with van der Waals surface area (Å²) in [4.78, 5) is 7.95. The van der Waals surface area contributed by atoms with Gasteiger partial charge < -0.3 is 5.32 Å². The van der Waals surface area contributed by atoms with Gasteiger partial charge in [-0.3, -0.25) is 0 Å². The molecule has 1 heterocycles. The van der Waals surface area contributed by atoms with Crippen LogP contribution in [-0.4, -0.2) is 17.0 Å². The van der Waals surface area contributed by atoms with Gasteiger partial charge in [-0.25, -0.2) is 9.97 Å². The van der Waals surface area contributed by atoms with E-state index in [9.17, 15) is 0 Å². The highest BCUT2D eigenvalue weighted by molar-refractivity contribution is 5.46. The Labute approximate surface area is 64.9 Å². The van der Waals surface area contributed by atoms with Crippen LogP contribution in [0.15, 0.2) is 6.20 Å². The van der Waals surface area contributed by atoms with E-state index >= 15 is 0 Å². The lowest BCUT2D eigenvalue weighted by molar-refractivity contribution is 1.09. The van der Waals surface area contributed by atoms with Gasteiger partial charge in [-0.05, 0) is 6.92 Å². The number of nitriles is 1. The summed E-state index contributed by atoms with van der Waals surface area (Å²) in [6.45, 7) is 1.83. The van der Waals surface area contributed by atoms with E-state index in [0.717, 1.165) is 5.69 Å². The second kappa shape index (κ2) is 2.97. The van der Waals surface area contributed by atoms with Crippen LogP contribution >= 0.6 is 0 Å². The van der Waals surface area contributed by atoms with Gasteiger partial charge in [0.2, 0.25) is 0 Å². The van der Waals surface area contributed by atoms with Crippen LogP contribution in [0.25, 0.3) is 0 Å². The maximum absolute atomic E-state index is 8.55. The number of hydrogen-bond donors (Lipinski definition) is 1. The summed E-state index contributed by atoms with van der Waals surface area (Å²) in [7, 11) is 1.71. The van der Waals surface area contributed by atoms with Gasteiger partial charge in [0.25, 0.3) is 0 Å². The molecule has 1 aromatic rings. The molecular weight excluding hydrogens is 140 g/mol. The van der Waals surface area contributed by atoms with Crippen LogP contribution in [0.2, 0.25) is 0 Å². The lowest BCUT2D eigenvalue weighted by Gasteiger charge is -2.00. The fraction of sp³-hybridized carbons (Fsp3) is 0.286. The molecule has 0 spiro atoms. The lowest BCUT2D eigenvalue weighted by atomic mass is 10.4. The molecule has 0 amide bonds. The van der Waals surface area contributed by atoms with E-state index in [2.05, 4.69) is 15.3 Å². The molecule has 0 saturated carbocycles. The van der Waals surface area contributed by atoms with Crippen molar-refractivity contribution in [1.82, 2.24) is 9.97 Å². The monoisotopic (exact) mass is 148 g/mol. The van der Waals surface area contributed by atoms with Crippen molar-refractivity contribution in [1.29, 1.82) is 5.26 Å². The Morgan fingerprint density at radius 2 is 2.36 bits per heavy atom. The smallest absolute Gasteiger partial charge is 0.182 e. The average molecular weight is 148 g/mol. The minimum atomic E-state index is 0.332. The molecule has 1 N–H and O–H groups in total. The van der Waals surface area contributed by atoms with Crippen molar-refractivity contribution in [3.63, 3.8) is 0 Å². The quantitative estimate of drug-likeness (QED) is 0.636. The fourth-order valence-electron chi connectivity index (χ4n) is 0.733. The highest BCUT2D eigenvalue weighted by Gasteiger charge is 2.01. The first kappa shape index (κ1) is 7.48. The minimum absolute atomic E-state index is 0.332. The number of nitrogens with zero attached hydrogens (tertiary/aromatic N) is 3. The van der Waals surface area contributed by atoms with Crippen molar-refractivity contribution in [2.45, 2.75) is 6.92 Å². The van der Waals surface area contributed by atoms with Crippen LogP contribution in [-0.2, 0) is 0 Å². The summed E-state index contributed by atoms with van der Waals surface area (Å²) in [5.41, 5.74) is 1.13. The Morgan fingerprint density at radius 3 is 2.91 bits per heavy atom. The third-order valence-corrected chi connectivity index (χ3v) is 1.24. The third kappa shape index (κ3) is 1.44. The summed E-state index contributed by atoms with van der Waals surface area (Å²) in [5.74, 6) is 0.535. The Morgan fingerprint density at radius 1 is 1.64 bits per heavy atom. The van der Waals surface area contributed by atoms with Gasteiger partial charge in [-0.15, -0.1) is 0 Å². The molecule has 0 unspecified atom stereocenters. The largest absolute Gasteiger partial charge is 0.371 e. The fourth-order valence-corrected chi connectivity index (χ4v) is 0.733. The molecule has 0 radical (unpaired) electrons. The summed E-state index contributed by atoms with van der Waals surface area (Å²) in [6.07, 6.45) is 1.57. The van der Waals surface area contributed by atoms with E-state index in [-0.39, 0.29) is 0 Å². The predicted molar refractivity (Wildman–Crippen MR) is 41.0 cm³/mol. The summed E-state index contributed by atoms with van der Waals surface area (Å²) in [5, 5.41) is 11.3. The number of hydrogen-bond acceptors (Lipinski definition) is 4. The maximum atomic E-state index is 8.55. The maximum Gasteiger partial charge on any atom is 0.182 e. The number of aryl methyl sites for hydroxylation is 1. The molecule has 0 aliphatic carbocycles. The summed E-state index contributed by atoms with van der Waals surface area (Å²) in [6, 6.07) is 1.94. The Hall–Kier alpha value is -1.63. The minimum Gasteiger partial charge on any atom is -0.371 e. The van der Waals surface area contributed by atoms with Crippen molar-refractivity contribution in [3.05, 3.63) is 17.6 Å². The molecule has 1 aromatic heterocycles. The molecule has 0 aliphatic heterocycles. The lowest BCUT2D eigenvalue weighted by Crippen LogP contribution is -1.99. The number of nitrogens with one attached hydrogen (secondary N) is 1. The second-order valence-corrected chi connectivity index (χ2v) is 2.07. The number of anilines is 1. The van der Waals surface area contributed by atoms with Crippen LogP contribution in [0.3, 0.4) is 0 Å². The van der Waals surface area contributed by atoms with E-state index in [1.54, 1.807) is 13.2 Å². The van der Waals surface area contributed by atoms with Crippen LogP contribution < -0.4 is 5.32 Å². The van der Waals surface area contributed by atoms with Crippen LogP contribution in [0.5, 0.6) is 0 Å². The van der Waals surface area contributed by atoms with Crippen molar-refractivity contribution >= 4 is 5.82 Å². The molecule has 0 saturated heterocycles. The van der Waals surface area contributed by atoms with Gasteiger partial charge >= 0.3 is 0 Å². The van der Waals surface area contributed by atoms with Gasteiger partial charge in [0.05, 0.1) is 5.69 Å². The first-order valence-corrected chi connectivity index (χ1v) is 3.19. The Kier molecular flexibility index (Phi) is 2.02. The summed E-state index contributed by atoms with van der Waals surface area (Å²) < 4.78 is 0. The van der Waals surface area contributed by atoms with Crippen LogP contribution in [0.1, 0.15) is 11.4 Å². The zero-order chi connectivity index (χ0) is 8.27. The molecule has 1 rings (SSSR count). The number of aromatic nitrogens is 2. The topological polar surface area (TPSA) is 61.6 Å². The van der Waals surface area contributed by atoms with E-state index < -0.39 is 0 Å². The molecule has 4 nitrogen and oxygen atoms in total. The molecule has 0 atom stereocenters. The van der Waals surface area contributed by atoms with Gasteiger partial charge in [0.1, 0.15) is 6.07 Å². The van der Waals surface area contributed by atoms with E-state index in [4.69, 9.17) is 5.26 Å². The Bertz CT molecular complexity index is 300. The highest BCUT2D eigenvalue weighted by atomic mass is 15.0. The molecular formula is C7H8N4. The van der Waals surface area contributed by atoms with Crippen LogP contribution in [0, 0.1) is 18.3 Å². The first-order valence-electron chi connectivity index (χ1n) is 3.19. The summed E-state index contributed by atoms with van der Waals surface area (Å²) >= 11 is 0. The molecule has 56 valence electrons. The third-order valence-electron chi connectivity index (χ3n) is 1.24. The molecule has 0 bridgehead atoms. The molecule has 11 heavy (non-hydrogen) atoms. The molecule has 0 aromatic carbocycles. The van der Waals surface area contributed by atoms with Crippen molar-refractivity contribution in [2.75, 3.05) is 12.4 Å². The van der Waals surface area contributed by atoms with Gasteiger partial charge in [0.15, 0.2) is 11.5 Å². The highest BCUT2D eigenvalue weighted by Crippen LogP contribution is 2.06. The van der Waals surface area contributed by atoms with E-state index in [1.807, 2.05) is 13.0 Å². The van der Waals surface area contributed by atoms with Crippen molar-refractivity contribution in [3.8, 4) is 6.07 Å². The molecule has 0 fully saturated rings.